The zero-order valence-corrected chi connectivity index (χ0v) is 15.1. The zero-order chi connectivity index (χ0) is 18.1. The molecular formula is C19H23BN2O3. The zero-order valence-electron chi connectivity index (χ0n) is 15.1. The predicted molar refractivity (Wildman–Crippen MR) is 97.6 cm³/mol. The summed E-state index contributed by atoms with van der Waals surface area (Å²) in [7, 11) is -0.615. The van der Waals surface area contributed by atoms with Gasteiger partial charge in [-0.25, -0.2) is 0 Å². The molecule has 2 aromatic rings. The molecule has 2 heterocycles. The molecule has 1 aromatic carbocycles. The summed E-state index contributed by atoms with van der Waals surface area (Å²) in [6, 6.07) is 13.4. The van der Waals surface area contributed by atoms with Gasteiger partial charge in [0.1, 0.15) is 5.69 Å². The van der Waals surface area contributed by atoms with Crippen molar-refractivity contribution in [2.24, 2.45) is 0 Å². The Hall–Kier alpha value is -2.18. The van der Waals surface area contributed by atoms with Crippen LogP contribution < -0.4 is 10.8 Å². The molecule has 25 heavy (non-hydrogen) atoms. The van der Waals surface area contributed by atoms with Gasteiger partial charge in [0, 0.05) is 18.2 Å². The highest BCUT2D eigenvalue weighted by Gasteiger charge is 2.52. The van der Waals surface area contributed by atoms with Crippen LogP contribution in [0.4, 0.5) is 0 Å². The van der Waals surface area contributed by atoms with Crippen molar-refractivity contribution in [2.75, 3.05) is 0 Å². The van der Waals surface area contributed by atoms with Crippen LogP contribution in [0.5, 0.6) is 0 Å². The Kier molecular flexibility index (Phi) is 4.67. The maximum Gasteiger partial charge on any atom is 0.497 e. The summed E-state index contributed by atoms with van der Waals surface area (Å²) in [6.45, 7) is 8.38. The molecule has 1 aromatic heterocycles. The van der Waals surface area contributed by atoms with Crippen LogP contribution in [0.2, 0.25) is 0 Å². The number of hydrogen-bond acceptors (Lipinski definition) is 4. The molecule has 5 nitrogen and oxygen atoms in total. The van der Waals surface area contributed by atoms with E-state index in [2.05, 4.69) is 10.3 Å². The van der Waals surface area contributed by atoms with Crippen molar-refractivity contribution in [2.45, 2.75) is 45.4 Å². The normalized spacial score (nSPS) is 18.2. The van der Waals surface area contributed by atoms with E-state index < -0.39 is 18.3 Å². The Labute approximate surface area is 148 Å². The lowest BCUT2D eigenvalue weighted by Crippen LogP contribution is -2.41. The second-order valence-corrected chi connectivity index (χ2v) is 7.20. The molecule has 1 aliphatic rings. The van der Waals surface area contributed by atoms with E-state index in [-0.39, 0.29) is 5.91 Å². The molecule has 0 saturated carbocycles. The first-order chi connectivity index (χ1) is 11.8. The smallest absolute Gasteiger partial charge is 0.399 e. The van der Waals surface area contributed by atoms with Crippen LogP contribution >= 0.6 is 0 Å². The number of nitrogens with one attached hydrogen (secondary N) is 1. The second-order valence-electron chi connectivity index (χ2n) is 7.20. The number of hydrogen-bond donors (Lipinski definition) is 1. The van der Waals surface area contributed by atoms with Crippen LogP contribution in [0.1, 0.15) is 43.7 Å². The van der Waals surface area contributed by atoms with Gasteiger partial charge in [0.2, 0.25) is 0 Å². The maximum atomic E-state index is 12.6. The lowest BCUT2D eigenvalue weighted by Gasteiger charge is -2.32. The van der Waals surface area contributed by atoms with E-state index >= 15 is 0 Å². The molecule has 1 saturated heterocycles. The monoisotopic (exact) mass is 338 g/mol. The van der Waals surface area contributed by atoms with E-state index in [0.29, 0.717) is 17.7 Å². The summed E-state index contributed by atoms with van der Waals surface area (Å²) in [5.41, 5.74) is 1.07. The topological polar surface area (TPSA) is 60.5 Å². The van der Waals surface area contributed by atoms with Gasteiger partial charge in [-0.1, -0.05) is 36.4 Å². The first kappa shape index (κ1) is 17.6. The van der Waals surface area contributed by atoms with Crippen molar-refractivity contribution in [1.82, 2.24) is 10.3 Å². The van der Waals surface area contributed by atoms with Crippen LogP contribution in [0.3, 0.4) is 0 Å². The Morgan fingerprint density at radius 2 is 1.68 bits per heavy atom. The average molecular weight is 338 g/mol. The lowest BCUT2D eigenvalue weighted by atomic mass is 9.77. The minimum atomic E-state index is -0.615. The van der Waals surface area contributed by atoms with Crippen molar-refractivity contribution < 1.29 is 14.1 Å². The van der Waals surface area contributed by atoms with Crippen molar-refractivity contribution >= 4 is 18.5 Å². The van der Waals surface area contributed by atoms with Gasteiger partial charge in [0.05, 0.1) is 11.2 Å². The number of carbonyl (C=O) groups is 1. The molecule has 6 heteroatoms. The number of benzene rings is 1. The van der Waals surface area contributed by atoms with E-state index in [9.17, 15) is 4.79 Å². The molecule has 0 radical (unpaired) electrons. The standard InChI is InChI=1S/C19H23BN2O3/c1-18(2)19(3,4)25-20(24-18)15-11-8-12-21-16(15)17(23)22-13-14-9-6-5-7-10-14/h5-12H,13H2,1-4H3,(H,22,23). The Morgan fingerprint density at radius 3 is 2.32 bits per heavy atom. The molecule has 0 unspecified atom stereocenters. The second kappa shape index (κ2) is 6.62. The van der Waals surface area contributed by atoms with Gasteiger partial charge in [-0.2, -0.15) is 0 Å². The first-order valence-electron chi connectivity index (χ1n) is 8.43. The number of carbonyl (C=O) groups excluding carboxylic acids is 1. The lowest BCUT2D eigenvalue weighted by molar-refractivity contribution is 0.00578. The Morgan fingerprint density at radius 1 is 1.04 bits per heavy atom. The molecule has 130 valence electrons. The SMILES string of the molecule is CC1(C)OB(c2cccnc2C(=O)NCc2ccccc2)OC1(C)C. The van der Waals surface area contributed by atoms with E-state index in [0.717, 1.165) is 5.56 Å². The molecule has 3 rings (SSSR count). The van der Waals surface area contributed by atoms with Crippen LogP contribution in [-0.2, 0) is 15.9 Å². The highest BCUT2D eigenvalue weighted by molar-refractivity contribution is 6.63. The van der Waals surface area contributed by atoms with Crippen molar-refractivity contribution in [3.63, 3.8) is 0 Å². The number of pyridine rings is 1. The predicted octanol–water partition coefficient (Wildman–Crippen LogP) is 2.31. The fourth-order valence-electron chi connectivity index (χ4n) is 2.63. The average Bonchev–Trinajstić information content (AvgIpc) is 2.81. The summed E-state index contributed by atoms with van der Waals surface area (Å²) in [5, 5.41) is 2.91. The summed E-state index contributed by atoms with van der Waals surface area (Å²) in [6.07, 6.45) is 1.60. The van der Waals surface area contributed by atoms with Gasteiger partial charge in [-0.3, -0.25) is 9.78 Å². The number of rotatable bonds is 4. The molecule has 1 amide bonds. The summed E-state index contributed by atoms with van der Waals surface area (Å²) in [4.78, 5) is 16.9. The Bertz CT molecular complexity index is 746. The largest absolute Gasteiger partial charge is 0.497 e. The third kappa shape index (κ3) is 3.60. The molecule has 0 bridgehead atoms. The quantitative estimate of drug-likeness (QED) is 0.869. The number of amides is 1. The fourth-order valence-corrected chi connectivity index (χ4v) is 2.63. The highest BCUT2D eigenvalue weighted by Crippen LogP contribution is 2.36. The van der Waals surface area contributed by atoms with Gasteiger partial charge in [-0.05, 0) is 39.3 Å². The third-order valence-corrected chi connectivity index (χ3v) is 4.86. The minimum Gasteiger partial charge on any atom is -0.399 e. The molecule has 0 aliphatic carbocycles. The minimum absolute atomic E-state index is 0.242. The van der Waals surface area contributed by atoms with E-state index in [4.69, 9.17) is 9.31 Å². The summed E-state index contributed by atoms with van der Waals surface area (Å²) in [5.74, 6) is -0.242. The molecule has 1 aliphatic heterocycles. The summed E-state index contributed by atoms with van der Waals surface area (Å²) >= 11 is 0. The fraction of sp³-hybridized carbons (Fsp3) is 0.368. The highest BCUT2D eigenvalue weighted by atomic mass is 16.7. The van der Waals surface area contributed by atoms with Gasteiger partial charge in [-0.15, -0.1) is 0 Å². The molecule has 0 atom stereocenters. The van der Waals surface area contributed by atoms with Crippen LogP contribution in [0.15, 0.2) is 48.7 Å². The van der Waals surface area contributed by atoms with Gasteiger partial charge < -0.3 is 14.6 Å². The molecule has 1 fully saturated rings. The molecule has 1 N–H and O–H groups in total. The van der Waals surface area contributed by atoms with Crippen LogP contribution in [0, 0.1) is 0 Å². The Balaban J connectivity index is 1.78. The number of aromatic nitrogens is 1. The van der Waals surface area contributed by atoms with E-state index in [1.54, 1.807) is 12.3 Å². The summed E-state index contributed by atoms with van der Waals surface area (Å²) < 4.78 is 12.1. The molecular weight excluding hydrogens is 315 g/mol. The van der Waals surface area contributed by atoms with Crippen molar-refractivity contribution in [3.05, 3.63) is 59.9 Å². The maximum absolute atomic E-state index is 12.6. The van der Waals surface area contributed by atoms with Crippen LogP contribution in [0.25, 0.3) is 0 Å². The number of nitrogens with zero attached hydrogens (tertiary/aromatic N) is 1. The molecule has 0 spiro atoms. The van der Waals surface area contributed by atoms with Gasteiger partial charge >= 0.3 is 7.12 Å². The third-order valence-electron chi connectivity index (χ3n) is 4.86. The van der Waals surface area contributed by atoms with Crippen molar-refractivity contribution in [3.8, 4) is 0 Å². The van der Waals surface area contributed by atoms with Gasteiger partial charge in [0.25, 0.3) is 5.91 Å². The first-order valence-corrected chi connectivity index (χ1v) is 8.43. The van der Waals surface area contributed by atoms with E-state index in [1.807, 2.05) is 64.1 Å². The van der Waals surface area contributed by atoms with Crippen molar-refractivity contribution in [1.29, 1.82) is 0 Å². The van der Waals surface area contributed by atoms with Crippen LogP contribution in [-0.4, -0.2) is 29.2 Å². The van der Waals surface area contributed by atoms with Gasteiger partial charge in [0.15, 0.2) is 0 Å². The van der Waals surface area contributed by atoms with E-state index in [1.165, 1.54) is 0 Å².